The second-order valence-electron chi connectivity index (χ2n) is 10.5. The van der Waals surface area contributed by atoms with Gasteiger partial charge in [-0.2, -0.15) is 0 Å². The van der Waals surface area contributed by atoms with Crippen molar-refractivity contribution in [2.45, 2.75) is 6.04 Å². The van der Waals surface area contributed by atoms with Crippen LogP contribution in [0.15, 0.2) is 66.7 Å². The zero-order chi connectivity index (χ0) is 26.1. The van der Waals surface area contributed by atoms with E-state index in [2.05, 4.69) is 70.3 Å². The average molecular weight is 515 g/mol. The summed E-state index contributed by atoms with van der Waals surface area (Å²) in [7, 11) is 2.13. The fraction of sp³-hybridized carbons (Fsp3) is 0.387. The number of hydrogen-bond donors (Lipinski definition) is 0. The Kier molecular flexibility index (Phi) is 7.15. The summed E-state index contributed by atoms with van der Waals surface area (Å²) in [4.78, 5) is 22.6. The molecule has 3 aromatic rings. The van der Waals surface area contributed by atoms with E-state index >= 15 is 0 Å². The van der Waals surface area contributed by atoms with Crippen LogP contribution in [-0.2, 0) is 0 Å². The molecule has 3 aromatic carbocycles. The van der Waals surface area contributed by atoms with E-state index in [9.17, 15) is 9.18 Å². The largest absolute Gasteiger partial charge is 0.491 e. The van der Waals surface area contributed by atoms with Crippen LogP contribution >= 0.6 is 0 Å². The number of fused-ring (bicyclic) bond motifs is 3. The molecule has 0 bridgehead atoms. The van der Waals surface area contributed by atoms with Crippen LogP contribution in [0.1, 0.15) is 27.5 Å². The number of piperazine rings is 2. The highest BCUT2D eigenvalue weighted by Gasteiger charge is 2.35. The minimum Gasteiger partial charge on any atom is -0.491 e. The van der Waals surface area contributed by atoms with Crippen LogP contribution in [0.3, 0.4) is 0 Å². The lowest BCUT2D eigenvalue weighted by Gasteiger charge is -2.39. The van der Waals surface area contributed by atoms with Crippen LogP contribution in [-0.4, -0.2) is 98.1 Å². The van der Waals surface area contributed by atoms with Gasteiger partial charge in [-0.05, 0) is 41.4 Å². The molecular formula is C31H35FN4O2. The van der Waals surface area contributed by atoms with E-state index < -0.39 is 0 Å². The summed E-state index contributed by atoms with van der Waals surface area (Å²) in [5.74, 6) is -0.142. The van der Waals surface area contributed by atoms with Crippen molar-refractivity contribution in [3.63, 3.8) is 0 Å². The predicted molar refractivity (Wildman–Crippen MR) is 147 cm³/mol. The molecule has 0 saturated carbocycles. The summed E-state index contributed by atoms with van der Waals surface area (Å²) in [6, 6.07) is 21.7. The molecule has 1 amide bonds. The van der Waals surface area contributed by atoms with Crippen molar-refractivity contribution in [3.8, 4) is 16.9 Å². The smallest absolute Gasteiger partial charge is 0.257 e. The highest BCUT2D eigenvalue weighted by atomic mass is 19.1. The Bertz CT molecular complexity index is 1250. The third kappa shape index (κ3) is 4.94. The highest BCUT2D eigenvalue weighted by molar-refractivity contribution is 5.97. The van der Waals surface area contributed by atoms with Gasteiger partial charge < -0.3 is 14.5 Å². The molecule has 0 atom stereocenters. The Hall–Kier alpha value is -3.26. The summed E-state index contributed by atoms with van der Waals surface area (Å²) in [5.41, 5.74) is 5.72. The highest BCUT2D eigenvalue weighted by Crippen LogP contribution is 2.46. The molecule has 0 aromatic heterocycles. The summed E-state index contributed by atoms with van der Waals surface area (Å²) in [5, 5.41) is 0. The first kappa shape index (κ1) is 25.0. The Labute approximate surface area is 224 Å². The van der Waals surface area contributed by atoms with Gasteiger partial charge in [-0.3, -0.25) is 14.6 Å². The van der Waals surface area contributed by atoms with Gasteiger partial charge >= 0.3 is 0 Å². The Morgan fingerprint density at radius 1 is 0.842 bits per heavy atom. The minimum atomic E-state index is -0.389. The monoisotopic (exact) mass is 514 g/mol. The molecule has 2 saturated heterocycles. The van der Waals surface area contributed by atoms with Crippen LogP contribution < -0.4 is 4.74 Å². The molecule has 2 fully saturated rings. The van der Waals surface area contributed by atoms with Gasteiger partial charge in [0.1, 0.15) is 18.2 Å². The maximum Gasteiger partial charge on any atom is 0.257 e. The average Bonchev–Trinajstić information content (AvgIpc) is 3.28. The number of likely N-dealkylation sites (N-methyl/N-ethyl adjacent to an activating group) is 1. The second-order valence-corrected chi connectivity index (χ2v) is 10.5. The van der Waals surface area contributed by atoms with E-state index in [0.717, 1.165) is 45.8 Å². The van der Waals surface area contributed by atoms with Crippen LogP contribution in [0, 0.1) is 5.82 Å². The second kappa shape index (κ2) is 10.8. The first-order chi connectivity index (χ1) is 18.6. The van der Waals surface area contributed by atoms with Gasteiger partial charge in [0.15, 0.2) is 0 Å². The fourth-order valence-electron chi connectivity index (χ4n) is 6.02. The SMILES string of the molecule is CN1CCN(CCOc2cc(F)ccc2C(=O)N2CCN(C3c4ccccc4-c4ccccc43)CC2)CC1. The number of amides is 1. The molecule has 2 heterocycles. The third-order valence-electron chi connectivity index (χ3n) is 8.20. The van der Waals surface area contributed by atoms with E-state index in [1.54, 1.807) is 6.07 Å². The van der Waals surface area contributed by atoms with E-state index in [1.807, 2.05) is 4.90 Å². The van der Waals surface area contributed by atoms with Gasteiger partial charge in [0, 0.05) is 65.0 Å². The summed E-state index contributed by atoms with van der Waals surface area (Å²) < 4.78 is 20.1. The van der Waals surface area contributed by atoms with Crippen molar-refractivity contribution in [2.24, 2.45) is 0 Å². The van der Waals surface area contributed by atoms with Crippen LogP contribution in [0.2, 0.25) is 0 Å². The van der Waals surface area contributed by atoms with Crippen molar-refractivity contribution in [1.82, 2.24) is 19.6 Å². The van der Waals surface area contributed by atoms with E-state index in [-0.39, 0.29) is 17.8 Å². The molecule has 1 aliphatic carbocycles. The molecule has 0 spiro atoms. The van der Waals surface area contributed by atoms with Gasteiger partial charge in [0.25, 0.3) is 5.91 Å². The molecule has 38 heavy (non-hydrogen) atoms. The van der Waals surface area contributed by atoms with E-state index in [4.69, 9.17) is 4.74 Å². The topological polar surface area (TPSA) is 39.3 Å². The minimum absolute atomic E-state index is 0.0912. The Balaban J connectivity index is 1.11. The maximum atomic E-state index is 14.1. The van der Waals surface area contributed by atoms with Crippen molar-refractivity contribution in [2.75, 3.05) is 72.6 Å². The normalized spacial score (nSPS) is 18.8. The molecule has 0 unspecified atom stereocenters. The van der Waals surface area contributed by atoms with Crippen LogP contribution in [0.5, 0.6) is 5.75 Å². The number of carbonyl (C=O) groups excluding carboxylic acids is 1. The van der Waals surface area contributed by atoms with E-state index in [0.29, 0.717) is 31.0 Å². The van der Waals surface area contributed by atoms with Gasteiger partial charge in [-0.25, -0.2) is 4.39 Å². The van der Waals surface area contributed by atoms with Gasteiger partial charge in [-0.1, -0.05) is 48.5 Å². The van der Waals surface area contributed by atoms with E-state index in [1.165, 1.54) is 34.4 Å². The maximum absolute atomic E-state index is 14.1. The first-order valence-electron chi connectivity index (χ1n) is 13.6. The fourth-order valence-corrected chi connectivity index (χ4v) is 6.02. The summed E-state index contributed by atoms with van der Waals surface area (Å²) in [6.45, 7) is 8.06. The lowest BCUT2D eigenvalue weighted by atomic mass is 10.0. The molecular weight excluding hydrogens is 479 g/mol. The molecule has 198 valence electrons. The molecule has 6 rings (SSSR count). The predicted octanol–water partition coefficient (Wildman–Crippen LogP) is 3.98. The number of benzene rings is 3. The number of nitrogens with zero attached hydrogens (tertiary/aromatic N) is 4. The lowest BCUT2D eigenvalue weighted by Crippen LogP contribution is -2.49. The number of halogens is 1. The zero-order valence-corrected chi connectivity index (χ0v) is 22.0. The molecule has 0 radical (unpaired) electrons. The number of ether oxygens (including phenoxy) is 1. The molecule has 7 heteroatoms. The molecule has 3 aliphatic rings. The number of hydrogen-bond acceptors (Lipinski definition) is 5. The third-order valence-corrected chi connectivity index (χ3v) is 8.20. The lowest BCUT2D eigenvalue weighted by molar-refractivity contribution is 0.0595. The van der Waals surface area contributed by atoms with Gasteiger partial charge in [-0.15, -0.1) is 0 Å². The first-order valence-corrected chi connectivity index (χ1v) is 13.6. The zero-order valence-electron chi connectivity index (χ0n) is 22.0. The molecule has 2 aliphatic heterocycles. The van der Waals surface area contributed by atoms with Crippen molar-refractivity contribution in [1.29, 1.82) is 0 Å². The molecule has 0 N–H and O–H groups in total. The van der Waals surface area contributed by atoms with Crippen molar-refractivity contribution in [3.05, 3.63) is 89.2 Å². The number of rotatable bonds is 6. The van der Waals surface area contributed by atoms with Gasteiger partial charge in [0.05, 0.1) is 11.6 Å². The Morgan fingerprint density at radius 3 is 2.13 bits per heavy atom. The standard InChI is InChI=1S/C31H35FN4O2/c1-33-12-14-34(15-13-33)20-21-38-29-22-23(32)10-11-28(29)31(37)36-18-16-35(17-19-36)30-26-8-4-2-6-24(26)25-7-3-5-9-27(25)30/h2-11,22,30H,12-21H2,1H3. The number of carbonyl (C=O) groups is 1. The van der Waals surface area contributed by atoms with Crippen LogP contribution in [0.4, 0.5) is 4.39 Å². The summed E-state index contributed by atoms with van der Waals surface area (Å²) in [6.07, 6.45) is 0. The molecule has 6 nitrogen and oxygen atoms in total. The quantitative estimate of drug-likeness (QED) is 0.498. The van der Waals surface area contributed by atoms with Crippen molar-refractivity contribution >= 4 is 5.91 Å². The Morgan fingerprint density at radius 2 is 1.47 bits per heavy atom. The van der Waals surface area contributed by atoms with Crippen molar-refractivity contribution < 1.29 is 13.9 Å². The van der Waals surface area contributed by atoms with Gasteiger partial charge in [0.2, 0.25) is 0 Å². The van der Waals surface area contributed by atoms with Crippen LogP contribution in [0.25, 0.3) is 11.1 Å². The summed E-state index contributed by atoms with van der Waals surface area (Å²) >= 11 is 0.